The molecule has 34 heavy (non-hydrogen) atoms. The van der Waals surface area contributed by atoms with Crippen molar-refractivity contribution in [3.05, 3.63) is 91.7 Å². The maximum Gasteiger partial charge on any atom is 0.331 e. The minimum atomic E-state index is -1.73. The molecule has 0 bridgehead atoms. The number of fused-ring (bicyclic) bond motifs is 1. The Morgan fingerprint density at radius 3 is 2.71 bits per heavy atom. The number of allylic oxidation sites excluding steroid dienone is 6. The summed E-state index contributed by atoms with van der Waals surface area (Å²) in [6, 6.07) is 4.38. The highest BCUT2D eigenvalue weighted by atomic mass is 35.5. The van der Waals surface area contributed by atoms with Crippen LogP contribution in [0.25, 0.3) is 17.0 Å². The highest BCUT2D eigenvalue weighted by Crippen LogP contribution is 2.28. The minimum absolute atomic E-state index is 0.261. The zero-order valence-electron chi connectivity index (χ0n) is 18.6. The summed E-state index contributed by atoms with van der Waals surface area (Å²) in [5, 5.41) is 5.37. The zero-order valence-corrected chi connectivity index (χ0v) is 21.7. The highest BCUT2D eigenvalue weighted by Gasteiger charge is 2.07. The lowest BCUT2D eigenvalue weighted by Crippen LogP contribution is -2.34. The van der Waals surface area contributed by atoms with Crippen molar-refractivity contribution >= 4 is 69.0 Å². The van der Waals surface area contributed by atoms with Crippen LogP contribution in [0, 0.1) is 0 Å². The summed E-state index contributed by atoms with van der Waals surface area (Å²) in [5.74, 6) is 0.488. The van der Waals surface area contributed by atoms with Gasteiger partial charge in [-0.3, -0.25) is 14.1 Å². The lowest BCUT2D eigenvalue weighted by molar-refractivity contribution is 0.249. The number of hydrogen-bond acceptors (Lipinski definition) is 5. The Kier molecular flexibility index (Phi) is 11.2. The largest absolute Gasteiger partial charge is 0.495 e. The van der Waals surface area contributed by atoms with Gasteiger partial charge >= 0.3 is 6.03 Å². The van der Waals surface area contributed by atoms with Gasteiger partial charge in [0.2, 0.25) is 0 Å². The van der Waals surface area contributed by atoms with Gasteiger partial charge in [0.15, 0.2) is 0 Å². The number of aromatic nitrogens is 1. The minimum Gasteiger partial charge on any atom is -0.495 e. The second kappa shape index (κ2) is 13.9. The third-order valence-corrected chi connectivity index (χ3v) is 6.35. The number of carbonyl (C=O) groups is 1. The van der Waals surface area contributed by atoms with E-state index in [1.165, 1.54) is 34.9 Å². The Morgan fingerprint density at radius 2 is 2.03 bits per heavy atom. The second-order valence-corrected chi connectivity index (χ2v) is 9.38. The summed E-state index contributed by atoms with van der Waals surface area (Å²) < 4.78 is 21.3. The summed E-state index contributed by atoms with van der Waals surface area (Å²) in [4.78, 5) is 24.9. The SMILES string of the molecule is C\C=C/C(=C\C=C\n1ccc2cc(OC)c(Cl)cc2c1=O)NC(=O)NS(=O)/C=C/C=C(/Cl)SC. The summed E-state index contributed by atoms with van der Waals surface area (Å²) in [6.07, 6.45) is 14.6. The molecule has 180 valence electrons. The molecular weight excluding hydrogens is 517 g/mol. The topological polar surface area (TPSA) is 89.4 Å². The summed E-state index contributed by atoms with van der Waals surface area (Å²) in [5.41, 5.74) is 0.159. The van der Waals surface area contributed by atoms with Crippen LogP contribution in [0.1, 0.15) is 6.92 Å². The van der Waals surface area contributed by atoms with Gasteiger partial charge in [-0.25, -0.2) is 9.00 Å². The number of carbonyl (C=O) groups excluding carboxylic acids is 1. The van der Waals surface area contributed by atoms with Crippen LogP contribution in [0.5, 0.6) is 5.75 Å². The number of methoxy groups -OCH3 is 1. The van der Waals surface area contributed by atoms with Crippen molar-refractivity contribution in [2.24, 2.45) is 0 Å². The molecule has 0 aliphatic carbocycles. The molecule has 2 N–H and O–H groups in total. The first-order valence-corrected chi connectivity index (χ1v) is 12.9. The van der Waals surface area contributed by atoms with Crippen molar-refractivity contribution in [2.75, 3.05) is 13.4 Å². The van der Waals surface area contributed by atoms with Gasteiger partial charge in [-0.05, 0) is 67.1 Å². The van der Waals surface area contributed by atoms with Crippen molar-refractivity contribution in [3.63, 3.8) is 0 Å². The monoisotopic (exact) mass is 539 g/mol. The van der Waals surface area contributed by atoms with Gasteiger partial charge in [0.25, 0.3) is 5.56 Å². The average Bonchev–Trinajstić information content (AvgIpc) is 2.80. The van der Waals surface area contributed by atoms with Gasteiger partial charge < -0.3 is 10.1 Å². The van der Waals surface area contributed by atoms with Crippen molar-refractivity contribution in [1.29, 1.82) is 0 Å². The van der Waals surface area contributed by atoms with Gasteiger partial charge in [-0.15, -0.1) is 11.8 Å². The maximum absolute atomic E-state index is 12.8. The van der Waals surface area contributed by atoms with Gasteiger partial charge in [-0.1, -0.05) is 29.3 Å². The predicted octanol–water partition coefficient (Wildman–Crippen LogP) is 5.51. The molecule has 0 saturated heterocycles. The first-order valence-electron chi connectivity index (χ1n) is 9.74. The molecule has 1 aromatic carbocycles. The van der Waals surface area contributed by atoms with Crippen molar-refractivity contribution < 1.29 is 13.7 Å². The molecule has 1 atom stereocenters. The van der Waals surface area contributed by atoms with Crippen LogP contribution in [-0.2, 0) is 11.0 Å². The maximum atomic E-state index is 12.8. The van der Waals surface area contributed by atoms with Gasteiger partial charge in [-0.2, -0.15) is 0 Å². The zero-order chi connectivity index (χ0) is 25.1. The van der Waals surface area contributed by atoms with Crippen LogP contribution in [-0.4, -0.2) is 28.2 Å². The van der Waals surface area contributed by atoms with E-state index in [4.69, 9.17) is 27.9 Å². The molecule has 0 spiro atoms. The molecule has 1 aromatic heterocycles. The normalized spacial score (nSPS) is 13.8. The molecule has 0 saturated carbocycles. The molecule has 2 amide bonds. The van der Waals surface area contributed by atoms with Crippen LogP contribution in [0.15, 0.2) is 81.1 Å². The van der Waals surface area contributed by atoms with E-state index in [1.807, 2.05) is 6.26 Å². The van der Waals surface area contributed by atoms with Crippen LogP contribution in [0.3, 0.4) is 0 Å². The number of amides is 2. The fraction of sp³-hybridized carbons (Fsp3) is 0.130. The van der Waals surface area contributed by atoms with E-state index in [1.54, 1.807) is 67.9 Å². The summed E-state index contributed by atoms with van der Waals surface area (Å²) in [7, 11) is -0.227. The first-order chi connectivity index (χ1) is 16.3. The Bertz CT molecular complexity index is 1280. The van der Waals surface area contributed by atoms with E-state index in [2.05, 4.69) is 10.0 Å². The molecule has 11 heteroatoms. The third kappa shape index (κ3) is 8.25. The smallest absolute Gasteiger partial charge is 0.331 e. The van der Waals surface area contributed by atoms with Crippen LogP contribution < -0.4 is 20.3 Å². The second-order valence-electron chi connectivity index (χ2n) is 6.42. The third-order valence-electron chi connectivity index (χ3n) is 4.15. The molecule has 7 nitrogen and oxygen atoms in total. The number of thioether (sulfide) groups is 1. The van der Waals surface area contributed by atoms with Gasteiger partial charge in [0, 0.05) is 28.9 Å². The van der Waals surface area contributed by atoms with E-state index >= 15 is 0 Å². The molecule has 0 radical (unpaired) electrons. The van der Waals surface area contributed by atoms with Crippen LogP contribution in [0.2, 0.25) is 5.02 Å². The molecule has 2 rings (SSSR count). The fourth-order valence-corrected chi connectivity index (χ4v) is 3.68. The number of rotatable bonds is 9. The van der Waals surface area contributed by atoms with Crippen LogP contribution >= 0.6 is 35.0 Å². The van der Waals surface area contributed by atoms with E-state index in [0.717, 1.165) is 0 Å². The average molecular weight is 540 g/mol. The number of hydrogen-bond donors (Lipinski definition) is 2. The molecule has 2 aromatic rings. The molecular formula is C23H23Cl2N3O4S2. The van der Waals surface area contributed by atoms with E-state index in [9.17, 15) is 13.8 Å². The van der Waals surface area contributed by atoms with Crippen molar-refractivity contribution in [2.45, 2.75) is 6.92 Å². The number of nitrogens with one attached hydrogen (secondary N) is 2. The van der Waals surface area contributed by atoms with E-state index in [-0.39, 0.29) is 5.56 Å². The Hall–Kier alpha value is -2.72. The van der Waals surface area contributed by atoms with Crippen LogP contribution in [0.4, 0.5) is 4.79 Å². The van der Waals surface area contributed by atoms with Crippen molar-refractivity contribution in [1.82, 2.24) is 14.6 Å². The number of benzene rings is 1. The van der Waals surface area contributed by atoms with Gasteiger partial charge in [0.05, 0.1) is 16.5 Å². The molecule has 1 unspecified atom stereocenters. The molecule has 0 fully saturated rings. The first kappa shape index (κ1) is 27.5. The number of urea groups is 1. The summed E-state index contributed by atoms with van der Waals surface area (Å²) in [6.45, 7) is 1.78. The molecule has 0 aliphatic heterocycles. The number of halogens is 2. The molecule has 1 heterocycles. The quantitative estimate of drug-likeness (QED) is 0.410. The highest BCUT2D eigenvalue weighted by molar-refractivity contribution is 8.03. The summed E-state index contributed by atoms with van der Waals surface area (Å²) >= 11 is 13.3. The van der Waals surface area contributed by atoms with Gasteiger partial charge in [0.1, 0.15) is 16.7 Å². The lowest BCUT2D eigenvalue weighted by Gasteiger charge is -2.07. The Morgan fingerprint density at radius 1 is 1.26 bits per heavy atom. The van der Waals surface area contributed by atoms with E-state index < -0.39 is 17.0 Å². The van der Waals surface area contributed by atoms with E-state index in [0.29, 0.717) is 31.6 Å². The lowest BCUT2D eigenvalue weighted by atomic mass is 10.1. The number of nitrogens with zero attached hydrogens (tertiary/aromatic N) is 1. The Labute approximate surface area is 214 Å². The Balaban J connectivity index is 2.14. The standard InChI is InChI=1S/C23H23Cl2N3O4S2/c1-4-7-17(26-23(30)27-34(31)13-6-9-21(25)33-3)8-5-11-28-12-10-16-14-20(32-2)19(24)15-18(16)22(28)29/h4-15H,1-3H3,(H2,26,27,30)/b7-4-,11-5+,13-6+,17-8+,21-9-. The number of ether oxygens (including phenoxy) is 1. The predicted molar refractivity (Wildman–Crippen MR) is 144 cm³/mol. The molecule has 0 aliphatic rings. The number of pyridine rings is 1. The van der Waals surface area contributed by atoms with Crippen molar-refractivity contribution in [3.8, 4) is 5.75 Å². The fourth-order valence-electron chi connectivity index (χ4n) is 2.63.